The Labute approximate surface area is 123 Å². The summed E-state index contributed by atoms with van der Waals surface area (Å²) in [6.07, 6.45) is 2.57. The molecule has 0 saturated heterocycles. The van der Waals surface area contributed by atoms with Crippen LogP contribution in [0.25, 0.3) is 0 Å². The van der Waals surface area contributed by atoms with Crippen molar-refractivity contribution in [3.05, 3.63) is 11.4 Å². The maximum Gasteiger partial charge on any atom is 0.306 e. The van der Waals surface area contributed by atoms with Crippen LogP contribution < -0.4 is 5.32 Å². The minimum absolute atomic E-state index is 0.0214. The fourth-order valence-electron chi connectivity index (χ4n) is 2.58. The standard InChI is InChI=1S/C14H21N3O4/c1-8-13(9(2)17-16-8)15-12(18)7-21-11-5-3-10(4-6-11)14(19)20/h10-11H,3-7H2,1-2H3,(H,15,18)(H,16,17)(H,19,20). The second-order valence-electron chi connectivity index (χ2n) is 5.48. The van der Waals surface area contributed by atoms with Crippen LogP contribution in [0.15, 0.2) is 0 Å². The summed E-state index contributed by atoms with van der Waals surface area (Å²) in [4.78, 5) is 22.7. The van der Waals surface area contributed by atoms with Crippen LogP contribution in [0.4, 0.5) is 5.69 Å². The number of aliphatic carboxylic acids is 1. The number of hydrogen-bond donors (Lipinski definition) is 3. The number of H-pyrrole nitrogens is 1. The lowest BCUT2D eigenvalue weighted by atomic mass is 9.87. The first-order valence-electron chi connectivity index (χ1n) is 7.13. The van der Waals surface area contributed by atoms with E-state index in [9.17, 15) is 9.59 Å². The summed E-state index contributed by atoms with van der Waals surface area (Å²) in [7, 11) is 0. The van der Waals surface area contributed by atoms with Crippen LogP contribution in [0.3, 0.4) is 0 Å². The highest BCUT2D eigenvalue weighted by atomic mass is 16.5. The minimum atomic E-state index is -0.739. The summed E-state index contributed by atoms with van der Waals surface area (Å²) in [5.74, 6) is -1.23. The summed E-state index contributed by atoms with van der Waals surface area (Å²) in [6.45, 7) is 3.63. The van der Waals surface area contributed by atoms with E-state index in [4.69, 9.17) is 9.84 Å². The molecule has 1 aromatic heterocycles. The molecule has 1 heterocycles. The first-order valence-corrected chi connectivity index (χ1v) is 7.13. The van der Waals surface area contributed by atoms with Gasteiger partial charge in [0.1, 0.15) is 6.61 Å². The summed E-state index contributed by atoms with van der Waals surface area (Å²) in [6, 6.07) is 0. The predicted octanol–water partition coefficient (Wildman–Crippen LogP) is 1.63. The monoisotopic (exact) mass is 295 g/mol. The number of carboxylic acids is 1. The number of carbonyl (C=O) groups is 2. The third-order valence-corrected chi connectivity index (χ3v) is 3.87. The molecule has 1 aromatic rings. The molecule has 2 rings (SSSR count). The van der Waals surface area contributed by atoms with E-state index in [0.717, 1.165) is 11.4 Å². The number of carboxylic acid groups (broad SMARTS) is 1. The largest absolute Gasteiger partial charge is 0.481 e. The molecule has 1 aliphatic carbocycles. The molecule has 21 heavy (non-hydrogen) atoms. The van der Waals surface area contributed by atoms with Crippen molar-refractivity contribution in [3.63, 3.8) is 0 Å². The zero-order chi connectivity index (χ0) is 15.4. The zero-order valence-electron chi connectivity index (χ0n) is 12.3. The van der Waals surface area contributed by atoms with Crippen LogP contribution in [0.2, 0.25) is 0 Å². The molecular formula is C14H21N3O4. The number of anilines is 1. The van der Waals surface area contributed by atoms with Gasteiger partial charge in [0.15, 0.2) is 0 Å². The highest BCUT2D eigenvalue weighted by Crippen LogP contribution is 2.26. The normalized spacial score (nSPS) is 22.0. The molecule has 0 unspecified atom stereocenters. The van der Waals surface area contributed by atoms with Gasteiger partial charge in [-0.15, -0.1) is 0 Å². The maximum absolute atomic E-state index is 11.9. The second-order valence-corrected chi connectivity index (χ2v) is 5.48. The van der Waals surface area contributed by atoms with Crippen molar-refractivity contribution >= 4 is 17.6 Å². The maximum atomic E-state index is 11.9. The third-order valence-electron chi connectivity index (χ3n) is 3.87. The van der Waals surface area contributed by atoms with Crippen LogP contribution in [0.5, 0.6) is 0 Å². The van der Waals surface area contributed by atoms with Crippen LogP contribution in [-0.4, -0.2) is 39.9 Å². The Morgan fingerprint density at radius 3 is 2.52 bits per heavy atom. The number of rotatable bonds is 5. The van der Waals surface area contributed by atoms with E-state index >= 15 is 0 Å². The molecule has 0 spiro atoms. The number of nitrogens with one attached hydrogen (secondary N) is 2. The lowest BCUT2D eigenvalue weighted by molar-refractivity contribution is -0.144. The van der Waals surface area contributed by atoms with E-state index in [-0.39, 0.29) is 24.5 Å². The minimum Gasteiger partial charge on any atom is -0.481 e. The van der Waals surface area contributed by atoms with Crippen molar-refractivity contribution in [2.75, 3.05) is 11.9 Å². The van der Waals surface area contributed by atoms with E-state index < -0.39 is 5.97 Å². The molecule has 1 saturated carbocycles. The molecule has 0 radical (unpaired) electrons. The van der Waals surface area contributed by atoms with E-state index in [1.807, 2.05) is 13.8 Å². The average molecular weight is 295 g/mol. The molecule has 1 fully saturated rings. The topological polar surface area (TPSA) is 104 Å². The van der Waals surface area contributed by atoms with Gasteiger partial charge in [-0.05, 0) is 39.5 Å². The van der Waals surface area contributed by atoms with E-state index in [2.05, 4.69) is 15.5 Å². The highest BCUT2D eigenvalue weighted by Gasteiger charge is 2.26. The van der Waals surface area contributed by atoms with Crippen molar-refractivity contribution in [1.82, 2.24) is 10.2 Å². The Hall–Kier alpha value is -1.89. The Morgan fingerprint density at radius 1 is 1.33 bits per heavy atom. The fourth-order valence-corrected chi connectivity index (χ4v) is 2.58. The van der Waals surface area contributed by atoms with Crippen LogP contribution in [0, 0.1) is 19.8 Å². The molecule has 0 atom stereocenters. The zero-order valence-corrected chi connectivity index (χ0v) is 12.3. The lowest BCUT2D eigenvalue weighted by Gasteiger charge is -2.25. The van der Waals surface area contributed by atoms with Gasteiger partial charge in [0, 0.05) is 0 Å². The molecular weight excluding hydrogens is 274 g/mol. The average Bonchev–Trinajstić information content (AvgIpc) is 2.77. The van der Waals surface area contributed by atoms with Crippen LogP contribution >= 0.6 is 0 Å². The van der Waals surface area contributed by atoms with Gasteiger partial charge < -0.3 is 15.2 Å². The molecule has 1 amide bonds. The summed E-state index contributed by atoms with van der Waals surface area (Å²) >= 11 is 0. The highest BCUT2D eigenvalue weighted by molar-refractivity contribution is 5.92. The number of aryl methyl sites for hydroxylation is 2. The molecule has 7 heteroatoms. The van der Waals surface area contributed by atoms with Crippen LogP contribution in [-0.2, 0) is 14.3 Å². The quantitative estimate of drug-likeness (QED) is 0.765. The number of aromatic amines is 1. The second kappa shape index (κ2) is 6.71. The molecule has 0 bridgehead atoms. The van der Waals surface area contributed by atoms with Crippen molar-refractivity contribution in [1.29, 1.82) is 0 Å². The van der Waals surface area contributed by atoms with Gasteiger partial charge in [-0.3, -0.25) is 14.7 Å². The number of ether oxygens (including phenoxy) is 1. The molecule has 0 aromatic carbocycles. The smallest absolute Gasteiger partial charge is 0.306 e. The van der Waals surface area contributed by atoms with Gasteiger partial charge in [-0.2, -0.15) is 5.10 Å². The predicted molar refractivity (Wildman–Crippen MR) is 76.0 cm³/mol. The summed E-state index contributed by atoms with van der Waals surface area (Å²) in [5.41, 5.74) is 2.24. The SMILES string of the molecule is Cc1n[nH]c(C)c1NC(=O)COC1CCC(C(=O)O)CC1. The van der Waals surface area contributed by atoms with Crippen molar-refractivity contribution < 1.29 is 19.4 Å². The fraction of sp³-hybridized carbons (Fsp3) is 0.643. The van der Waals surface area contributed by atoms with Crippen molar-refractivity contribution in [2.45, 2.75) is 45.6 Å². The Bertz CT molecular complexity index is 499. The number of aromatic nitrogens is 2. The molecule has 1 aliphatic rings. The van der Waals surface area contributed by atoms with Crippen molar-refractivity contribution in [2.24, 2.45) is 5.92 Å². The van der Waals surface area contributed by atoms with E-state index in [1.54, 1.807) is 0 Å². The Balaban J connectivity index is 1.74. The van der Waals surface area contributed by atoms with Gasteiger partial charge in [0.25, 0.3) is 0 Å². The van der Waals surface area contributed by atoms with Gasteiger partial charge >= 0.3 is 5.97 Å². The van der Waals surface area contributed by atoms with Gasteiger partial charge in [0.05, 0.1) is 29.1 Å². The number of nitrogens with zero attached hydrogens (tertiary/aromatic N) is 1. The van der Waals surface area contributed by atoms with Gasteiger partial charge in [-0.1, -0.05) is 0 Å². The van der Waals surface area contributed by atoms with E-state index in [0.29, 0.717) is 31.4 Å². The number of carbonyl (C=O) groups excluding carboxylic acids is 1. The number of hydrogen-bond acceptors (Lipinski definition) is 4. The van der Waals surface area contributed by atoms with Crippen molar-refractivity contribution in [3.8, 4) is 0 Å². The molecule has 7 nitrogen and oxygen atoms in total. The summed E-state index contributed by atoms with van der Waals surface area (Å²) < 4.78 is 5.57. The third kappa shape index (κ3) is 4.04. The molecule has 116 valence electrons. The van der Waals surface area contributed by atoms with E-state index in [1.165, 1.54) is 0 Å². The Kier molecular flexibility index (Phi) is 4.95. The molecule has 3 N–H and O–H groups in total. The first kappa shape index (κ1) is 15.5. The first-order chi connectivity index (χ1) is 9.97. The van der Waals surface area contributed by atoms with Crippen LogP contribution in [0.1, 0.15) is 37.1 Å². The Morgan fingerprint density at radius 2 is 2.00 bits per heavy atom. The van der Waals surface area contributed by atoms with Gasteiger partial charge in [0.2, 0.25) is 5.91 Å². The summed E-state index contributed by atoms with van der Waals surface area (Å²) in [5, 5.41) is 18.5. The lowest BCUT2D eigenvalue weighted by Crippen LogP contribution is -2.29. The van der Waals surface area contributed by atoms with Gasteiger partial charge in [-0.25, -0.2) is 0 Å². The molecule has 0 aliphatic heterocycles. The number of amides is 1.